The largest absolute Gasteiger partial charge is 0.416 e. The lowest BCUT2D eigenvalue weighted by molar-refractivity contribution is -0.138. The van der Waals surface area contributed by atoms with Gasteiger partial charge in [0.25, 0.3) is 5.91 Å². The highest BCUT2D eigenvalue weighted by Crippen LogP contribution is 2.34. The summed E-state index contributed by atoms with van der Waals surface area (Å²) in [6, 6.07) is 7.60. The summed E-state index contributed by atoms with van der Waals surface area (Å²) >= 11 is 1.28. The molecule has 1 N–H and O–H groups in total. The lowest BCUT2D eigenvalue weighted by Crippen LogP contribution is -2.44. The number of amides is 1. The number of fused-ring (bicyclic) bond motifs is 1. The molecule has 12 heteroatoms. The van der Waals surface area contributed by atoms with Crippen molar-refractivity contribution < 1.29 is 18.0 Å². The molecule has 0 bridgehead atoms. The lowest BCUT2D eigenvalue weighted by Gasteiger charge is -2.33. The van der Waals surface area contributed by atoms with Crippen LogP contribution >= 0.6 is 11.8 Å². The van der Waals surface area contributed by atoms with E-state index in [0.717, 1.165) is 25.0 Å². The summed E-state index contributed by atoms with van der Waals surface area (Å²) in [6.45, 7) is 5.24. The smallest absolute Gasteiger partial charge is 0.361 e. The molecule has 0 spiro atoms. The predicted octanol–water partition coefficient (Wildman–Crippen LogP) is 4.84. The van der Waals surface area contributed by atoms with Gasteiger partial charge in [-0.2, -0.15) is 13.2 Å². The summed E-state index contributed by atoms with van der Waals surface area (Å²) in [4.78, 5) is 24.3. The fourth-order valence-electron chi connectivity index (χ4n) is 4.82. The third-order valence-electron chi connectivity index (χ3n) is 7.36. The molecule has 5 rings (SSSR count). The molecule has 0 saturated carbocycles. The molecule has 43 heavy (non-hydrogen) atoms. The molecular formula is C31H34F3N7OS. The number of nitrogens with zero attached hydrogens (tertiary/aromatic N) is 6. The summed E-state index contributed by atoms with van der Waals surface area (Å²) < 4.78 is 43.9. The maximum Gasteiger partial charge on any atom is 0.416 e. The molecule has 0 aliphatic carbocycles. The average Bonchev–Trinajstić information content (AvgIpc) is 3.28. The summed E-state index contributed by atoms with van der Waals surface area (Å²) in [5.74, 6) is 6.62. The number of allylic oxidation sites excluding steroid dienone is 3. The highest BCUT2D eigenvalue weighted by Gasteiger charge is 2.34. The number of hydrogen-bond acceptors (Lipinski definition) is 7. The standard InChI is InChI=1S/C31H34F3N7OS/c1-21-5-12-29(43-25(17-21)9-8-24-19-35-27-10-11-28(38(2)3)37-41(24)27)36-30(42)22-6-7-23(26(18-22)31(32,33)34)20-40-15-13-39(4)14-16-40/h6-7,10-12,17-19,21H,5,13-16,20H2,1-4H3,(H,36,42). The van der Waals surface area contributed by atoms with Crippen molar-refractivity contribution in [3.8, 4) is 11.8 Å². The van der Waals surface area contributed by atoms with Crippen LogP contribution in [0.1, 0.15) is 40.5 Å². The van der Waals surface area contributed by atoms with E-state index in [-0.39, 0.29) is 23.6 Å². The minimum absolute atomic E-state index is 0.0432. The lowest BCUT2D eigenvalue weighted by atomic mass is 10.0. The van der Waals surface area contributed by atoms with Gasteiger partial charge >= 0.3 is 6.18 Å². The van der Waals surface area contributed by atoms with Gasteiger partial charge in [-0.05, 0) is 55.1 Å². The number of halogens is 3. The van der Waals surface area contributed by atoms with Gasteiger partial charge in [-0.25, -0.2) is 9.50 Å². The molecule has 0 radical (unpaired) electrons. The number of piperazine rings is 1. The van der Waals surface area contributed by atoms with E-state index >= 15 is 0 Å². The van der Waals surface area contributed by atoms with Crippen LogP contribution in [-0.2, 0) is 12.7 Å². The van der Waals surface area contributed by atoms with Crippen LogP contribution in [0.25, 0.3) is 5.65 Å². The van der Waals surface area contributed by atoms with Gasteiger partial charge < -0.3 is 15.1 Å². The van der Waals surface area contributed by atoms with Gasteiger partial charge in [0.05, 0.1) is 21.7 Å². The zero-order valence-corrected chi connectivity index (χ0v) is 25.4. The summed E-state index contributed by atoms with van der Waals surface area (Å²) in [5, 5.41) is 7.92. The molecule has 1 atom stereocenters. The Morgan fingerprint density at radius 1 is 1.14 bits per heavy atom. The topological polar surface area (TPSA) is 69.0 Å². The van der Waals surface area contributed by atoms with Gasteiger partial charge in [-0.1, -0.05) is 42.8 Å². The quantitative estimate of drug-likeness (QED) is 0.416. The molecule has 1 amide bonds. The number of rotatable bonds is 5. The second-order valence-electron chi connectivity index (χ2n) is 11.1. The number of imidazole rings is 1. The zero-order chi connectivity index (χ0) is 30.7. The van der Waals surface area contributed by atoms with Crippen molar-refractivity contribution in [3.05, 3.63) is 81.0 Å². The molecular weight excluding hydrogens is 575 g/mol. The number of aromatic nitrogens is 3. The number of thioether (sulfide) groups is 1. The first-order valence-corrected chi connectivity index (χ1v) is 14.8. The van der Waals surface area contributed by atoms with Crippen LogP contribution in [0.15, 0.2) is 58.6 Å². The monoisotopic (exact) mass is 609 g/mol. The summed E-state index contributed by atoms with van der Waals surface area (Å²) in [5.41, 5.74) is 0.638. The second-order valence-corrected chi connectivity index (χ2v) is 12.2. The number of hydrogen-bond donors (Lipinski definition) is 1. The first kappa shape index (κ1) is 30.7. The predicted molar refractivity (Wildman–Crippen MR) is 163 cm³/mol. The van der Waals surface area contributed by atoms with Gasteiger partial charge in [-0.15, -0.1) is 5.10 Å². The maximum absolute atomic E-state index is 14.1. The number of likely N-dealkylation sites (N-methyl/N-ethyl adjacent to an activating group) is 1. The van der Waals surface area contributed by atoms with Crippen LogP contribution in [0.2, 0.25) is 0 Å². The molecule has 226 valence electrons. The van der Waals surface area contributed by atoms with E-state index in [0.29, 0.717) is 40.8 Å². The molecule has 2 aliphatic rings. The molecule has 8 nitrogen and oxygen atoms in total. The fraction of sp³-hybridized carbons (Fsp3) is 0.387. The van der Waals surface area contributed by atoms with E-state index in [1.54, 1.807) is 10.7 Å². The van der Waals surface area contributed by atoms with Gasteiger partial charge in [0.2, 0.25) is 0 Å². The van der Waals surface area contributed by atoms with E-state index in [1.807, 2.05) is 62.2 Å². The Bertz CT molecular complexity index is 1630. The molecule has 1 unspecified atom stereocenters. The second kappa shape index (κ2) is 12.8. The van der Waals surface area contributed by atoms with Crippen molar-refractivity contribution in [1.82, 2.24) is 29.7 Å². The van der Waals surface area contributed by atoms with Gasteiger partial charge in [-0.3, -0.25) is 9.69 Å². The van der Waals surface area contributed by atoms with Crippen molar-refractivity contribution in [3.63, 3.8) is 0 Å². The molecule has 1 aromatic carbocycles. The average molecular weight is 610 g/mol. The maximum atomic E-state index is 14.1. The van der Waals surface area contributed by atoms with Crippen molar-refractivity contribution in [2.24, 2.45) is 5.92 Å². The summed E-state index contributed by atoms with van der Waals surface area (Å²) in [7, 11) is 5.81. The third kappa shape index (κ3) is 7.60. The van der Waals surface area contributed by atoms with Gasteiger partial charge in [0.1, 0.15) is 11.5 Å². The van der Waals surface area contributed by atoms with Crippen LogP contribution in [0, 0.1) is 17.8 Å². The minimum Gasteiger partial charge on any atom is -0.361 e. The molecule has 3 aromatic rings. The minimum atomic E-state index is -4.57. The number of carbonyl (C=O) groups excluding carboxylic acids is 1. The number of benzene rings is 1. The first-order chi connectivity index (χ1) is 20.5. The Hall–Kier alpha value is -3.79. The fourth-order valence-corrected chi connectivity index (χ4v) is 5.78. The highest BCUT2D eigenvalue weighted by molar-refractivity contribution is 8.07. The molecule has 2 aliphatic heterocycles. The normalized spacial score (nSPS) is 18.3. The van der Waals surface area contributed by atoms with E-state index in [9.17, 15) is 18.0 Å². The van der Waals surface area contributed by atoms with Crippen molar-refractivity contribution in [1.29, 1.82) is 0 Å². The Morgan fingerprint density at radius 2 is 1.91 bits per heavy atom. The van der Waals surface area contributed by atoms with Crippen LogP contribution < -0.4 is 10.2 Å². The highest BCUT2D eigenvalue weighted by atomic mass is 32.2. The Morgan fingerprint density at radius 3 is 2.63 bits per heavy atom. The van der Waals surface area contributed by atoms with Crippen LogP contribution in [-0.4, -0.2) is 77.6 Å². The van der Waals surface area contributed by atoms with Crippen molar-refractivity contribution in [2.75, 3.05) is 52.2 Å². The van der Waals surface area contributed by atoms with Crippen LogP contribution in [0.3, 0.4) is 0 Å². The van der Waals surface area contributed by atoms with E-state index < -0.39 is 17.6 Å². The van der Waals surface area contributed by atoms with Crippen molar-refractivity contribution in [2.45, 2.75) is 26.1 Å². The van der Waals surface area contributed by atoms with Crippen molar-refractivity contribution >= 4 is 29.1 Å². The number of anilines is 1. The van der Waals surface area contributed by atoms with Gasteiger partial charge in [0.15, 0.2) is 5.65 Å². The summed E-state index contributed by atoms with van der Waals surface area (Å²) in [6.07, 6.45) is 1.63. The molecule has 2 aromatic heterocycles. The number of carbonyl (C=O) groups is 1. The Labute approximate surface area is 253 Å². The van der Waals surface area contributed by atoms with E-state index in [2.05, 4.69) is 32.1 Å². The van der Waals surface area contributed by atoms with Gasteiger partial charge in [0, 0.05) is 52.4 Å². The molecule has 4 heterocycles. The Kier molecular flexibility index (Phi) is 9.15. The zero-order valence-electron chi connectivity index (χ0n) is 24.6. The van der Waals surface area contributed by atoms with E-state index in [4.69, 9.17) is 0 Å². The third-order valence-corrected chi connectivity index (χ3v) is 8.30. The van der Waals surface area contributed by atoms with Crippen LogP contribution in [0.5, 0.6) is 0 Å². The molecule has 1 saturated heterocycles. The SMILES string of the molecule is CC1C=C(C#Cc2cnc3ccc(N(C)C)nn23)SC(NC(=O)c2ccc(CN3CCN(C)CC3)c(C(F)(F)F)c2)=CC1. The number of nitrogens with one attached hydrogen (secondary N) is 1. The molecule has 1 fully saturated rings. The Balaban J connectivity index is 1.32. The number of alkyl halides is 3. The van der Waals surface area contributed by atoms with Crippen LogP contribution in [0.4, 0.5) is 19.0 Å². The van der Waals surface area contributed by atoms with E-state index in [1.165, 1.54) is 23.9 Å². The first-order valence-electron chi connectivity index (χ1n) is 14.0.